The molecule has 0 aliphatic heterocycles. The molecule has 0 saturated carbocycles. The van der Waals surface area contributed by atoms with Gasteiger partial charge in [-0.15, -0.1) is 10.2 Å². The third-order valence-electron chi connectivity index (χ3n) is 1.61. The zero-order valence-electron chi connectivity index (χ0n) is 6.76. The van der Waals surface area contributed by atoms with Gasteiger partial charge in [0.2, 0.25) is 0 Å². The second kappa shape index (κ2) is 3.30. The molecule has 0 saturated heterocycles. The zero-order valence-corrected chi connectivity index (χ0v) is 6.76. The van der Waals surface area contributed by atoms with Crippen molar-refractivity contribution in [3.63, 3.8) is 0 Å². The Labute approximate surface area is 74.1 Å². The molecule has 2 rings (SSSR count). The molecule has 13 heavy (non-hydrogen) atoms. The topological polar surface area (TPSA) is 43.6 Å². The highest BCUT2D eigenvalue weighted by molar-refractivity contribution is 5.23. The first-order valence-corrected chi connectivity index (χ1v) is 3.77. The first-order chi connectivity index (χ1) is 6.40. The standard InChI is InChI=1S/C8H7FN4/c9-4-7-2-1-3-8(12-7)13-5-10-11-6-13/h1-3,5-6H,4H2. The van der Waals surface area contributed by atoms with Crippen molar-refractivity contribution in [3.05, 3.63) is 36.5 Å². The van der Waals surface area contributed by atoms with Crippen molar-refractivity contribution in [3.8, 4) is 5.82 Å². The molecule has 2 aromatic heterocycles. The number of pyridine rings is 1. The van der Waals surface area contributed by atoms with Gasteiger partial charge in [0, 0.05) is 0 Å². The number of rotatable bonds is 2. The molecule has 0 N–H and O–H groups in total. The van der Waals surface area contributed by atoms with Crippen LogP contribution in [0.25, 0.3) is 5.82 Å². The Morgan fingerprint density at radius 2 is 2.00 bits per heavy atom. The summed E-state index contributed by atoms with van der Waals surface area (Å²) in [6.45, 7) is -0.560. The summed E-state index contributed by atoms with van der Waals surface area (Å²) in [5.41, 5.74) is 0.409. The van der Waals surface area contributed by atoms with Gasteiger partial charge in [0.1, 0.15) is 25.1 Å². The van der Waals surface area contributed by atoms with Crippen LogP contribution < -0.4 is 0 Å². The highest BCUT2D eigenvalue weighted by Crippen LogP contribution is 2.04. The number of hydrogen-bond donors (Lipinski definition) is 0. The third kappa shape index (κ3) is 1.53. The molecule has 0 spiro atoms. The van der Waals surface area contributed by atoms with Crippen LogP contribution in [-0.4, -0.2) is 19.7 Å². The van der Waals surface area contributed by atoms with Crippen molar-refractivity contribution >= 4 is 0 Å². The van der Waals surface area contributed by atoms with Gasteiger partial charge in [-0.1, -0.05) is 6.07 Å². The molecule has 0 aliphatic carbocycles. The van der Waals surface area contributed by atoms with E-state index in [9.17, 15) is 4.39 Å². The summed E-state index contributed by atoms with van der Waals surface area (Å²) in [4.78, 5) is 4.04. The molecule has 0 unspecified atom stereocenters. The van der Waals surface area contributed by atoms with Crippen molar-refractivity contribution in [2.45, 2.75) is 6.67 Å². The van der Waals surface area contributed by atoms with E-state index in [1.165, 1.54) is 12.7 Å². The van der Waals surface area contributed by atoms with E-state index < -0.39 is 6.67 Å². The Bertz CT molecular complexity index is 385. The highest BCUT2D eigenvalue weighted by Gasteiger charge is 1.98. The predicted octanol–water partition coefficient (Wildman–Crippen LogP) is 1.13. The van der Waals surface area contributed by atoms with Gasteiger partial charge in [0.25, 0.3) is 0 Å². The Balaban J connectivity index is 2.41. The molecule has 0 aromatic carbocycles. The van der Waals surface area contributed by atoms with Crippen molar-refractivity contribution in [2.24, 2.45) is 0 Å². The summed E-state index contributed by atoms with van der Waals surface area (Å²) in [5.74, 6) is 0.625. The van der Waals surface area contributed by atoms with Crippen LogP contribution in [0.5, 0.6) is 0 Å². The minimum absolute atomic E-state index is 0.409. The van der Waals surface area contributed by atoms with Crippen molar-refractivity contribution in [2.75, 3.05) is 0 Å². The van der Waals surface area contributed by atoms with Crippen LogP contribution in [0.3, 0.4) is 0 Å². The van der Waals surface area contributed by atoms with Gasteiger partial charge < -0.3 is 0 Å². The minimum atomic E-state index is -0.560. The second-order valence-corrected chi connectivity index (χ2v) is 2.49. The van der Waals surface area contributed by atoms with Crippen LogP contribution >= 0.6 is 0 Å². The molecule has 2 aromatic rings. The van der Waals surface area contributed by atoms with Crippen molar-refractivity contribution in [1.82, 2.24) is 19.7 Å². The molecular formula is C8H7FN4. The van der Waals surface area contributed by atoms with Gasteiger partial charge in [0.05, 0.1) is 5.69 Å². The van der Waals surface area contributed by atoms with E-state index in [4.69, 9.17) is 0 Å². The van der Waals surface area contributed by atoms with E-state index >= 15 is 0 Å². The van der Waals surface area contributed by atoms with Gasteiger partial charge >= 0.3 is 0 Å². The number of alkyl halides is 1. The zero-order chi connectivity index (χ0) is 9.10. The first kappa shape index (κ1) is 7.85. The van der Waals surface area contributed by atoms with Gasteiger partial charge in [-0.05, 0) is 12.1 Å². The molecule has 4 nitrogen and oxygen atoms in total. The second-order valence-electron chi connectivity index (χ2n) is 2.49. The SMILES string of the molecule is FCc1cccc(-n2cnnc2)n1. The van der Waals surface area contributed by atoms with Crippen LogP contribution in [0.2, 0.25) is 0 Å². The summed E-state index contributed by atoms with van der Waals surface area (Å²) in [6, 6.07) is 5.15. The van der Waals surface area contributed by atoms with E-state index in [1.54, 1.807) is 22.8 Å². The maximum absolute atomic E-state index is 12.2. The number of aromatic nitrogens is 4. The molecule has 5 heteroatoms. The number of nitrogens with zero attached hydrogens (tertiary/aromatic N) is 4. The van der Waals surface area contributed by atoms with E-state index in [-0.39, 0.29) is 0 Å². The fourth-order valence-corrected chi connectivity index (χ4v) is 1.00. The lowest BCUT2D eigenvalue weighted by Gasteiger charge is -2.00. The Morgan fingerprint density at radius 3 is 2.69 bits per heavy atom. The van der Waals surface area contributed by atoms with Crippen LogP contribution in [0.1, 0.15) is 5.69 Å². The van der Waals surface area contributed by atoms with Gasteiger partial charge in [-0.3, -0.25) is 4.57 Å². The van der Waals surface area contributed by atoms with E-state index in [0.29, 0.717) is 11.5 Å². The van der Waals surface area contributed by atoms with Crippen LogP contribution in [0.15, 0.2) is 30.9 Å². The highest BCUT2D eigenvalue weighted by atomic mass is 19.1. The maximum Gasteiger partial charge on any atom is 0.139 e. The average Bonchev–Trinajstić information content (AvgIpc) is 2.71. The predicted molar refractivity (Wildman–Crippen MR) is 44.0 cm³/mol. The summed E-state index contributed by atoms with van der Waals surface area (Å²) < 4.78 is 13.9. The van der Waals surface area contributed by atoms with E-state index in [2.05, 4.69) is 15.2 Å². The summed E-state index contributed by atoms with van der Waals surface area (Å²) in [5, 5.41) is 7.27. The molecule has 66 valence electrons. The van der Waals surface area contributed by atoms with E-state index in [1.807, 2.05) is 0 Å². The normalized spacial score (nSPS) is 10.2. The molecule has 2 heterocycles. The number of hydrogen-bond acceptors (Lipinski definition) is 3. The Kier molecular flexibility index (Phi) is 1.99. The fraction of sp³-hybridized carbons (Fsp3) is 0.125. The first-order valence-electron chi connectivity index (χ1n) is 3.77. The van der Waals surface area contributed by atoms with Crippen LogP contribution in [0, 0.1) is 0 Å². The summed E-state index contributed by atoms with van der Waals surface area (Å²) in [6.07, 6.45) is 3.04. The molecule has 0 atom stereocenters. The monoisotopic (exact) mass is 178 g/mol. The fourth-order valence-electron chi connectivity index (χ4n) is 1.00. The maximum atomic E-state index is 12.2. The molecule has 0 amide bonds. The molecule has 0 radical (unpaired) electrons. The van der Waals surface area contributed by atoms with Gasteiger partial charge in [0.15, 0.2) is 0 Å². The van der Waals surface area contributed by atoms with Crippen LogP contribution in [0.4, 0.5) is 4.39 Å². The van der Waals surface area contributed by atoms with Crippen LogP contribution in [-0.2, 0) is 6.67 Å². The van der Waals surface area contributed by atoms with Crippen molar-refractivity contribution < 1.29 is 4.39 Å². The minimum Gasteiger partial charge on any atom is -0.272 e. The average molecular weight is 178 g/mol. The lowest BCUT2D eigenvalue weighted by Crippen LogP contribution is -1.96. The third-order valence-corrected chi connectivity index (χ3v) is 1.61. The van der Waals surface area contributed by atoms with Gasteiger partial charge in [-0.25, -0.2) is 9.37 Å². The Hall–Kier alpha value is -1.78. The molecular weight excluding hydrogens is 171 g/mol. The molecule has 0 aliphatic rings. The van der Waals surface area contributed by atoms with Crippen molar-refractivity contribution in [1.29, 1.82) is 0 Å². The smallest absolute Gasteiger partial charge is 0.139 e. The summed E-state index contributed by atoms with van der Waals surface area (Å²) in [7, 11) is 0. The molecule has 0 bridgehead atoms. The lowest BCUT2D eigenvalue weighted by atomic mass is 10.3. The van der Waals surface area contributed by atoms with E-state index in [0.717, 1.165) is 0 Å². The summed E-state index contributed by atoms with van der Waals surface area (Å²) >= 11 is 0. The quantitative estimate of drug-likeness (QED) is 0.692. The van der Waals surface area contributed by atoms with Gasteiger partial charge in [-0.2, -0.15) is 0 Å². The Morgan fingerprint density at radius 1 is 1.23 bits per heavy atom. The largest absolute Gasteiger partial charge is 0.272 e. The molecule has 0 fully saturated rings. The lowest BCUT2D eigenvalue weighted by molar-refractivity contribution is 0.475. The number of halogens is 1.